The number of nitrogens with zero attached hydrogens (tertiary/aromatic N) is 3. The van der Waals surface area contributed by atoms with Gasteiger partial charge in [0.25, 0.3) is 0 Å². The van der Waals surface area contributed by atoms with Crippen molar-refractivity contribution in [3.8, 4) is 5.69 Å². The van der Waals surface area contributed by atoms with Gasteiger partial charge in [-0.3, -0.25) is 4.98 Å². The molecule has 2 heterocycles. The molecule has 2 aromatic heterocycles. The van der Waals surface area contributed by atoms with Gasteiger partial charge in [-0.1, -0.05) is 17.7 Å². The summed E-state index contributed by atoms with van der Waals surface area (Å²) in [6.07, 6.45) is -4.64. The van der Waals surface area contributed by atoms with Gasteiger partial charge in [0.2, 0.25) is 0 Å². The van der Waals surface area contributed by atoms with Crippen LogP contribution in [-0.4, -0.2) is 25.9 Å². The lowest BCUT2D eigenvalue weighted by Crippen LogP contribution is -2.29. The van der Waals surface area contributed by atoms with Gasteiger partial charge in [-0.25, -0.2) is 9.48 Å². The van der Waals surface area contributed by atoms with Crippen molar-refractivity contribution < 1.29 is 23.1 Å². The minimum atomic E-state index is -4.64. The molecular formula is C19H17ClF3N5O2. The molecule has 0 radical (unpaired) electrons. The van der Waals surface area contributed by atoms with Gasteiger partial charge in [-0.2, -0.15) is 18.3 Å². The molecule has 7 nitrogen and oxygen atoms in total. The molecule has 0 unspecified atom stereocenters. The zero-order chi connectivity index (χ0) is 21.9. The lowest BCUT2D eigenvalue weighted by Gasteiger charge is -2.11. The molecule has 0 spiro atoms. The van der Waals surface area contributed by atoms with E-state index in [0.717, 1.165) is 10.7 Å². The first kappa shape index (κ1) is 21.6. The summed E-state index contributed by atoms with van der Waals surface area (Å²) in [4.78, 5) is 16.3. The third-order valence-electron chi connectivity index (χ3n) is 4.11. The van der Waals surface area contributed by atoms with Gasteiger partial charge in [0, 0.05) is 5.02 Å². The summed E-state index contributed by atoms with van der Waals surface area (Å²) in [7, 11) is 0. The number of carbonyl (C=O) groups excluding carboxylic acids is 1. The number of halogens is 4. The van der Waals surface area contributed by atoms with Crippen LogP contribution in [-0.2, 0) is 19.3 Å². The minimum absolute atomic E-state index is 0.116. The van der Waals surface area contributed by atoms with Crippen molar-refractivity contribution in [2.75, 3.05) is 5.32 Å². The Balaban J connectivity index is 1.78. The number of nitrogens with one attached hydrogen (secondary N) is 2. The van der Waals surface area contributed by atoms with Gasteiger partial charge in [0.05, 0.1) is 41.6 Å². The van der Waals surface area contributed by atoms with Crippen LogP contribution in [0.15, 0.2) is 42.5 Å². The van der Waals surface area contributed by atoms with Crippen LogP contribution in [0.1, 0.15) is 22.8 Å². The molecule has 158 valence electrons. The number of aliphatic hydroxyl groups is 1. The van der Waals surface area contributed by atoms with Gasteiger partial charge >= 0.3 is 12.2 Å². The fourth-order valence-electron chi connectivity index (χ4n) is 2.69. The van der Waals surface area contributed by atoms with E-state index in [9.17, 15) is 18.0 Å². The highest BCUT2D eigenvalue weighted by atomic mass is 35.5. The number of alkyl halides is 3. The van der Waals surface area contributed by atoms with Crippen molar-refractivity contribution in [2.24, 2.45) is 0 Å². The molecule has 11 heteroatoms. The summed E-state index contributed by atoms with van der Waals surface area (Å²) in [5, 5.41) is 18.1. The topological polar surface area (TPSA) is 92.1 Å². The average molecular weight is 440 g/mol. The molecule has 0 aliphatic heterocycles. The Morgan fingerprint density at radius 1 is 1.23 bits per heavy atom. The second-order valence-corrected chi connectivity index (χ2v) is 6.75. The van der Waals surface area contributed by atoms with E-state index in [4.69, 9.17) is 16.7 Å². The van der Waals surface area contributed by atoms with Gasteiger partial charge in [0.1, 0.15) is 0 Å². The van der Waals surface area contributed by atoms with E-state index in [0.29, 0.717) is 27.8 Å². The Kier molecular flexibility index (Phi) is 6.28. The first-order chi connectivity index (χ1) is 14.2. The normalized spacial score (nSPS) is 11.4. The van der Waals surface area contributed by atoms with Gasteiger partial charge in [0.15, 0.2) is 5.69 Å². The van der Waals surface area contributed by atoms with E-state index in [-0.39, 0.29) is 18.8 Å². The molecule has 0 aliphatic rings. The van der Waals surface area contributed by atoms with Gasteiger partial charge in [-0.05, 0) is 43.3 Å². The molecule has 0 saturated heterocycles. The lowest BCUT2D eigenvalue weighted by atomic mass is 10.2. The summed E-state index contributed by atoms with van der Waals surface area (Å²) in [6.45, 7) is 1.20. The molecule has 2 amide bonds. The predicted octanol–water partition coefficient (Wildman–Crippen LogP) is 4.06. The van der Waals surface area contributed by atoms with Crippen molar-refractivity contribution in [1.29, 1.82) is 0 Å². The van der Waals surface area contributed by atoms with E-state index in [1.807, 2.05) is 0 Å². The van der Waals surface area contributed by atoms with E-state index < -0.39 is 17.9 Å². The van der Waals surface area contributed by atoms with Crippen molar-refractivity contribution in [3.05, 3.63) is 70.3 Å². The SMILES string of the molecule is Cc1nc(CO)ccc1NC(=O)NCc1cc(C(F)(F)F)nn1-c1cccc(Cl)c1. The number of aromatic nitrogens is 3. The quantitative estimate of drug-likeness (QED) is 0.559. The van der Waals surface area contributed by atoms with Crippen LogP contribution >= 0.6 is 11.6 Å². The Labute approximate surface area is 174 Å². The van der Waals surface area contributed by atoms with E-state index in [1.54, 1.807) is 37.3 Å². The third kappa shape index (κ3) is 5.08. The zero-order valence-corrected chi connectivity index (χ0v) is 16.4. The summed E-state index contributed by atoms with van der Waals surface area (Å²) in [5.41, 5.74) is 0.701. The molecule has 1 aromatic carbocycles. The molecule has 0 atom stereocenters. The second kappa shape index (κ2) is 8.72. The maximum absolute atomic E-state index is 13.1. The van der Waals surface area contributed by atoms with E-state index >= 15 is 0 Å². The largest absolute Gasteiger partial charge is 0.435 e. The van der Waals surface area contributed by atoms with Crippen LogP contribution in [0.2, 0.25) is 5.02 Å². The minimum Gasteiger partial charge on any atom is -0.390 e. The van der Waals surface area contributed by atoms with Crippen molar-refractivity contribution in [1.82, 2.24) is 20.1 Å². The van der Waals surface area contributed by atoms with Crippen LogP contribution in [0.4, 0.5) is 23.7 Å². The molecule has 3 N–H and O–H groups in total. The molecule has 0 fully saturated rings. The number of carbonyl (C=O) groups is 1. The number of hydrogen-bond acceptors (Lipinski definition) is 4. The van der Waals surface area contributed by atoms with Crippen LogP contribution in [0.5, 0.6) is 0 Å². The second-order valence-electron chi connectivity index (χ2n) is 6.31. The average Bonchev–Trinajstić information content (AvgIpc) is 3.13. The molecule has 30 heavy (non-hydrogen) atoms. The zero-order valence-electron chi connectivity index (χ0n) is 15.7. The van der Waals surface area contributed by atoms with Crippen molar-refractivity contribution in [3.63, 3.8) is 0 Å². The summed E-state index contributed by atoms with van der Waals surface area (Å²) in [5.74, 6) is 0. The summed E-state index contributed by atoms with van der Waals surface area (Å²) in [6, 6.07) is 9.55. The van der Waals surface area contributed by atoms with Crippen molar-refractivity contribution in [2.45, 2.75) is 26.3 Å². The predicted molar refractivity (Wildman–Crippen MR) is 104 cm³/mol. The highest BCUT2D eigenvalue weighted by Gasteiger charge is 2.35. The molecular weight excluding hydrogens is 423 g/mol. The molecule has 0 saturated carbocycles. The van der Waals surface area contributed by atoms with Gasteiger partial charge in [-0.15, -0.1) is 0 Å². The Bertz CT molecular complexity index is 1070. The number of urea groups is 1. The van der Waals surface area contributed by atoms with Crippen LogP contribution in [0, 0.1) is 6.92 Å². The Hall–Kier alpha value is -3.11. The Morgan fingerprint density at radius 3 is 2.63 bits per heavy atom. The monoisotopic (exact) mass is 439 g/mol. The fourth-order valence-corrected chi connectivity index (χ4v) is 2.87. The van der Waals surface area contributed by atoms with Crippen LogP contribution in [0.3, 0.4) is 0 Å². The number of hydrogen-bond donors (Lipinski definition) is 3. The highest BCUT2D eigenvalue weighted by molar-refractivity contribution is 6.30. The maximum Gasteiger partial charge on any atom is 0.435 e. The first-order valence-corrected chi connectivity index (χ1v) is 9.09. The number of aryl methyl sites for hydroxylation is 1. The molecule has 3 rings (SSSR count). The number of anilines is 1. The fraction of sp³-hybridized carbons (Fsp3) is 0.211. The number of rotatable bonds is 5. The van der Waals surface area contributed by atoms with Crippen LogP contribution in [0.25, 0.3) is 5.69 Å². The van der Waals surface area contributed by atoms with E-state index in [1.165, 1.54) is 6.07 Å². The lowest BCUT2D eigenvalue weighted by molar-refractivity contribution is -0.141. The molecule has 0 bridgehead atoms. The Morgan fingerprint density at radius 2 is 2.00 bits per heavy atom. The van der Waals surface area contributed by atoms with Crippen molar-refractivity contribution >= 4 is 23.3 Å². The standard InChI is InChI=1S/C19H17ClF3N5O2/c1-11-16(6-5-13(10-29)25-11)26-18(30)24-9-15-8-17(19(21,22)23)27-28(15)14-4-2-3-12(20)7-14/h2-8,29H,9-10H2,1H3,(H2,24,26,30). The van der Waals surface area contributed by atoms with Crippen LogP contribution < -0.4 is 10.6 Å². The highest BCUT2D eigenvalue weighted by Crippen LogP contribution is 2.30. The summed E-state index contributed by atoms with van der Waals surface area (Å²) >= 11 is 5.93. The maximum atomic E-state index is 13.1. The molecule has 0 aliphatic carbocycles. The van der Waals surface area contributed by atoms with E-state index in [2.05, 4.69) is 20.7 Å². The number of pyridine rings is 1. The number of benzene rings is 1. The first-order valence-electron chi connectivity index (χ1n) is 8.71. The van der Waals surface area contributed by atoms with Gasteiger partial charge < -0.3 is 15.7 Å². The number of amides is 2. The summed E-state index contributed by atoms with van der Waals surface area (Å²) < 4.78 is 40.5. The smallest absolute Gasteiger partial charge is 0.390 e. The molecule has 3 aromatic rings. The third-order valence-corrected chi connectivity index (χ3v) is 4.35. The number of aliphatic hydroxyl groups excluding tert-OH is 1.